The Bertz CT molecular complexity index is 425. The molecule has 0 saturated heterocycles. The quantitative estimate of drug-likeness (QED) is 0.815. The molecule has 0 atom stereocenters. The molecule has 0 aromatic carbocycles. The van der Waals surface area contributed by atoms with E-state index in [9.17, 15) is 0 Å². The number of hydrogen-bond donors (Lipinski definition) is 1. The molecule has 0 saturated carbocycles. The minimum Gasteiger partial charge on any atom is -0.381 e. The van der Waals surface area contributed by atoms with E-state index >= 15 is 0 Å². The maximum atomic E-state index is 5.80. The molecule has 2 N–H and O–H groups in total. The molecule has 0 spiro atoms. The van der Waals surface area contributed by atoms with E-state index in [-0.39, 0.29) is 0 Å². The molecule has 0 bridgehead atoms. The molecular formula is C8H10ClN5. The van der Waals surface area contributed by atoms with Crippen LogP contribution < -0.4 is 5.73 Å². The van der Waals surface area contributed by atoms with Crippen molar-refractivity contribution < 1.29 is 0 Å². The Labute approximate surface area is 86.1 Å². The van der Waals surface area contributed by atoms with Gasteiger partial charge in [0, 0.05) is 18.9 Å². The van der Waals surface area contributed by atoms with Crippen LogP contribution in [0.2, 0.25) is 5.02 Å². The minimum atomic E-state index is 0.317. The third-order valence-electron chi connectivity index (χ3n) is 1.93. The summed E-state index contributed by atoms with van der Waals surface area (Å²) in [6.07, 6.45) is 5.23. The van der Waals surface area contributed by atoms with Gasteiger partial charge in [-0.1, -0.05) is 11.6 Å². The number of rotatable bonds is 2. The molecule has 2 aromatic heterocycles. The van der Waals surface area contributed by atoms with E-state index < -0.39 is 0 Å². The van der Waals surface area contributed by atoms with Gasteiger partial charge in [0.1, 0.15) is 5.02 Å². The van der Waals surface area contributed by atoms with Gasteiger partial charge in [0.05, 0.1) is 6.20 Å². The third-order valence-corrected chi connectivity index (χ3v) is 2.23. The molecule has 2 rings (SSSR count). The molecule has 0 amide bonds. The fourth-order valence-corrected chi connectivity index (χ4v) is 1.36. The van der Waals surface area contributed by atoms with Crippen molar-refractivity contribution in [2.45, 2.75) is 13.5 Å². The second-order valence-electron chi connectivity index (χ2n) is 2.82. The lowest BCUT2D eigenvalue weighted by atomic mass is 10.6. The Morgan fingerprint density at radius 2 is 2.36 bits per heavy atom. The van der Waals surface area contributed by atoms with Crippen LogP contribution in [-0.2, 0) is 6.54 Å². The van der Waals surface area contributed by atoms with Gasteiger partial charge in [-0.3, -0.25) is 0 Å². The maximum Gasteiger partial charge on any atom is 0.230 e. The van der Waals surface area contributed by atoms with E-state index in [1.54, 1.807) is 17.1 Å². The van der Waals surface area contributed by atoms with Gasteiger partial charge in [0.25, 0.3) is 0 Å². The van der Waals surface area contributed by atoms with Crippen molar-refractivity contribution in [3.05, 3.63) is 23.6 Å². The fraction of sp³-hybridized carbons (Fsp3) is 0.250. The van der Waals surface area contributed by atoms with Crippen molar-refractivity contribution >= 4 is 17.4 Å². The molecule has 2 heterocycles. The molecule has 0 unspecified atom stereocenters. The van der Waals surface area contributed by atoms with Crippen LogP contribution in [0.3, 0.4) is 0 Å². The van der Waals surface area contributed by atoms with Crippen LogP contribution in [0.1, 0.15) is 6.92 Å². The average Bonchev–Trinajstić information content (AvgIpc) is 2.73. The standard InChI is InChI=1S/C8H10ClN5/c1-2-13-4-3-11-8(13)14-5-6(9)7(10)12-14/h3-5H,2H2,1H3,(H2,10,12). The summed E-state index contributed by atoms with van der Waals surface area (Å²) in [6, 6.07) is 0. The second-order valence-corrected chi connectivity index (χ2v) is 3.23. The van der Waals surface area contributed by atoms with Gasteiger partial charge in [0.2, 0.25) is 5.95 Å². The first-order chi connectivity index (χ1) is 6.72. The Hall–Kier alpha value is -1.49. The van der Waals surface area contributed by atoms with Crippen LogP contribution in [0.4, 0.5) is 5.82 Å². The largest absolute Gasteiger partial charge is 0.381 e. The highest BCUT2D eigenvalue weighted by Gasteiger charge is 2.08. The summed E-state index contributed by atoms with van der Waals surface area (Å²) in [4.78, 5) is 4.16. The van der Waals surface area contributed by atoms with Gasteiger partial charge in [-0.05, 0) is 6.92 Å². The number of imidazole rings is 1. The smallest absolute Gasteiger partial charge is 0.230 e. The number of nitrogen functional groups attached to an aromatic ring is 1. The summed E-state index contributed by atoms with van der Waals surface area (Å²) in [5.74, 6) is 1.03. The van der Waals surface area contributed by atoms with E-state index in [0.717, 1.165) is 6.54 Å². The molecule has 6 heteroatoms. The summed E-state index contributed by atoms with van der Waals surface area (Å²) in [6.45, 7) is 2.85. The zero-order valence-electron chi connectivity index (χ0n) is 7.68. The molecule has 0 aliphatic rings. The van der Waals surface area contributed by atoms with Crippen molar-refractivity contribution in [1.29, 1.82) is 0 Å². The van der Waals surface area contributed by atoms with Gasteiger partial charge in [-0.25, -0.2) is 9.67 Å². The summed E-state index contributed by atoms with van der Waals surface area (Å²) in [7, 11) is 0. The van der Waals surface area contributed by atoms with Crippen LogP contribution in [0.25, 0.3) is 5.95 Å². The summed E-state index contributed by atoms with van der Waals surface area (Å²) < 4.78 is 3.52. The van der Waals surface area contributed by atoms with Gasteiger partial charge < -0.3 is 10.3 Å². The number of halogens is 1. The van der Waals surface area contributed by atoms with Crippen LogP contribution in [0.5, 0.6) is 0 Å². The van der Waals surface area contributed by atoms with Crippen LogP contribution in [-0.4, -0.2) is 19.3 Å². The summed E-state index contributed by atoms with van der Waals surface area (Å²) in [5.41, 5.74) is 5.54. The number of aryl methyl sites for hydroxylation is 1. The third kappa shape index (κ3) is 1.35. The molecule has 5 nitrogen and oxygen atoms in total. The van der Waals surface area contributed by atoms with E-state index in [1.165, 1.54) is 0 Å². The maximum absolute atomic E-state index is 5.80. The number of anilines is 1. The fourth-order valence-electron chi connectivity index (χ4n) is 1.23. The molecule has 0 radical (unpaired) electrons. The molecule has 14 heavy (non-hydrogen) atoms. The highest BCUT2D eigenvalue weighted by atomic mass is 35.5. The number of aromatic nitrogens is 4. The lowest BCUT2D eigenvalue weighted by Gasteiger charge is -2.02. The molecule has 0 fully saturated rings. The lowest BCUT2D eigenvalue weighted by molar-refractivity contribution is 0.687. The van der Waals surface area contributed by atoms with E-state index in [0.29, 0.717) is 16.8 Å². The van der Waals surface area contributed by atoms with Crippen LogP contribution >= 0.6 is 11.6 Å². The van der Waals surface area contributed by atoms with Crippen LogP contribution in [0.15, 0.2) is 18.6 Å². The Morgan fingerprint density at radius 1 is 1.57 bits per heavy atom. The zero-order chi connectivity index (χ0) is 10.1. The van der Waals surface area contributed by atoms with Gasteiger partial charge in [-0.15, -0.1) is 5.10 Å². The predicted molar refractivity (Wildman–Crippen MR) is 54.4 cm³/mol. The molecule has 74 valence electrons. The van der Waals surface area contributed by atoms with Crippen molar-refractivity contribution in [3.8, 4) is 5.95 Å². The average molecular weight is 212 g/mol. The lowest BCUT2D eigenvalue weighted by Crippen LogP contribution is -2.05. The predicted octanol–water partition coefficient (Wildman–Crippen LogP) is 1.32. The monoisotopic (exact) mass is 211 g/mol. The minimum absolute atomic E-state index is 0.317. The van der Waals surface area contributed by atoms with E-state index in [4.69, 9.17) is 17.3 Å². The normalized spacial score (nSPS) is 10.7. The Morgan fingerprint density at radius 3 is 2.93 bits per heavy atom. The molecular weight excluding hydrogens is 202 g/mol. The SMILES string of the molecule is CCn1ccnc1-n1cc(Cl)c(N)n1. The topological polar surface area (TPSA) is 61.7 Å². The van der Waals surface area contributed by atoms with E-state index in [2.05, 4.69) is 10.1 Å². The van der Waals surface area contributed by atoms with Crippen LogP contribution in [0, 0.1) is 0 Å². The first-order valence-electron chi connectivity index (χ1n) is 4.24. The van der Waals surface area contributed by atoms with E-state index in [1.807, 2.05) is 17.7 Å². The number of nitrogens with two attached hydrogens (primary N) is 1. The Kier molecular flexibility index (Phi) is 2.17. The first kappa shape index (κ1) is 9.08. The number of nitrogens with zero attached hydrogens (tertiary/aromatic N) is 4. The molecule has 2 aromatic rings. The van der Waals surface area contributed by atoms with Gasteiger partial charge in [0.15, 0.2) is 5.82 Å². The zero-order valence-corrected chi connectivity index (χ0v) is 8.44. The van der Waals surface area contributed by atoms with Gasteiger partial charge >= 0.3 is 0 Å². The molecule has 0 aliphatic heterocycles. The highest BCUT2D eigenvalue weighted by Crippen LogP contribution is 2.17. The Balaban J connectivity index is 2.49. The summed E-state index contributed by atoms with van der Waals surface area (Å²) >= 11 is 5.80. The summed E-state index contributed by atoms with van der Waals surface area (Å²) in [5, 5.41) is 4.48. The first-order valence-corrected chi connectivity index (χ1v) is 4.62. The van der Waals surface area contributed by atoms with Crippen molar-refractivity contribution in [1.82, 2.24) is 19.3 Å². The highest BCUT2D eigenvalue weighted by molar-refractivity contribution is 6.32. The van der Waals surface area contributed by atoms with Gasteiger partial charge in [-0.2, -0.15) is 0 Å². The van der Waals surface area contributed by atoms with Crippen molar-refractivity contribution in [2.75, 3.05) is 5.73 Å². The van der Waals surface area contributed by atoms with Crippen molar-refractivity contribution in [3.63, 3.8) is 0 Å². The second kappa shape index (κ2) is 3.34. The molecule has 0 aliphatic carbocycles. The van der Waals surface area contributed by atoms with Crippen molar-refractivity contribution in [2.24, 2.45) is 0 Å². The number of hydrogen-bond acceptors (Lipinski definition) is 3.